The number of rotatable bonds is 3. The Labute approximate surface area is 152 Å². The van der Waals surface area contributed by atoms with E-state index in [1.807, 2.05) is 6.92 Å². The van der Waals surface area contributed by atoms with Crippen LogP contribution in [0.3, 0.4) is 0 Å². The molecule has 1 saturated carbocycles. The zero-order chi connectivity index (χ0) is 17.9. The molecule has 1 unspecified atom stereocenters. The normalized spacial score (nSPS) is 21.9. The van der Waals surface area contributed by atoms with Crippen LogP contribution in [0.2, 0.25) is 5.02 Å². The molecule has 0 aromatic heterocycles. The molecule has 1 spiro atoms. The third kappa shape index (κ3) is 4.51. The first kappa shape index (κ1) is 18.2. The van der Waals surface area contributed by atoms with Gasteiger partial charge < -0.3 is 20.1 Å². The molecule has 1 heterocycles. The van der Waals surface area contributed by atoms with Crippen molar-refractivity contribution in [2.75, 3.05) is 18.5 Å². The van der Waals surface area contributed by atoms with Crippen LogP contribution in [0.15, 0.2) is 18.2 Å². The first-order valence-electron chi connectivity index (χ1n) is 8.65. The first-order chi connectivity index (χ1) is 12.0. The summed E-state index contributed by atoms with van der Waals surface area (Å²) in [5.41, 5.74) is 1.35. The summed E-state index contributed by atoms with van der Waals surface area (Å²) in [6.07, 6.45) is 4.97. The molecule has 7 heteroatoms. The van der Waals surface area contributed by atoms with E-state index in [9.17, 15) is 9.59 Å². The maximum atomic E-state index is 12.0. The zero-order valence-electron chi connectivity index (χ0n) is 14.3. The van der Waals surface area contributed by atoms with Crippen molar-refractivity contribution < 1.29 is 19.1 Å². The Morgan fingerprint density at radius 2 is 2.00 bits per heavy atom. The van der Waals surface area contributed by atoms with Crippen molar-refractivity contribution in [3.63, 3.8) is 0 Å². The summed E-state index contributed by atoms with van der Waals surface area (Å²) in [4.78, 5) is 24.1. The van der Waals surface area contributed by atoms with Gasteiger partial charge in [0.1, 0.15) is 6.10 Å². The Kier molecular flexibility index (Phi) is 5.61. The van der Waals surface area contributed by atoms with Crippen molar-refractivity contribution in [3.05, 3.63) is 28.8 Å². The molecule has 6 nitrogen and oxygen atoms in total. The van der Waals surface area contributed by atoms with E-state index in [0.717, 1.165) is 31.2 Å². The van der Waals surface area contributed by atoms with Crippen LogP contribution in [-0.4, -0.2) is 36.9 Å². The number of amides is 2. The van der Waals surface area contributed by atoms with Crippen molar-refractivity contribution in [3.8, 4) is 0 Å². The quantitative estimate of drug-likeness (QED) is 0.806. The summed E-state index contributed by atoms with van der Waals surface area (Å²) in [5.74, 6) is -1.91. The third-order valence-corrected chi connectivity index (χ3v) is 4.91. The Bertz CT molecular complexity index is 658. The number of carbonyl (C=O) groups excluding carboxylic acids is 2. The van der Waals surface area contributed by atoms with Crippen LogP contribution in [0.1, 0.15) is 37.7 Å². The summed E-state index contributed by atoms with van der Waals surface area (Å²) in [5, 5.41) is 5.68. The number of aryl methyl sites for hydroxylation is 1. The molecule has 25 heavy (non-hydrogen) atoms. The molecule has 3 rings (SSSR count). The molecule has 0 bridgehead atoms. The van der Waals surface area contributed by atoms with E-state index in [1.54, 1.807) is 18.2 Å². The average Bonchev–Trinajstić information content (AvgIpc) is 2.99. The van der Waals surface area contributed by atoms with Gasteiger partial charge in [-0.15, -0.1) is 0 Å². The summed E-state index contributed by atoms with van der Waals surface area (Å²) >= 11 is 5.92. The number of anilines is 1. The molecule has 1 saturated heterocycles. The number of benzene rings is 1. The summed E-state index contributed by atoms with van der Waals surface area (Å²) < 4.78 is 11.8. The van der Waals surface area contributed by atoms with Crippen LogP contribution in [0.25, 0.3) is 0 Å². The minimum absolute atomic E-state index is 0.220. The second-order valence-electron chi connectivity index (χ2n) is 6.65. The number of carbonyl (C=O) groups is 2. The highest BCUT2D eigenvalue weighted by Gasteiger charge is 2.42. The van der Waals surface area contributed by atoms with Gasteiger partial charge in [0.15, 0.2) is 5.79 Å². The topological polar surface area (TPSA) is 76.7 Å². The smallest absolute Gasteiger partial charge is 0.313 e. The highest BCUT2D eigenvalue weighted by molar-refractivity contribution is 6.40. The summed E-state index contributed by atoms with van der Waals surface area (Å²) in [6.45, 7) is 2.52. The molecule has 1 aliphatic heterocycles. The van der Waals surface area contributed by atoms with E-state index < -0.39 is 17.6 Å². The lowest BCUT2D eigenvalue weighted by atomic mass is 9.94. The second kappa shape index (κ2) is 7.72. The van der Waals surface area contributed by atoms with Gasteiger partial charge >= 0.3 is 11.8 Å². The highest BCUT2D eigenvalue weighted by atomic mass is 35.5. The van der Waals surface area contributed by atoms with E-state index in [-0.39, 0.29) is 12.6 Å². The standard InChI is InChI=1S/C18H23ClN2O4/c1-12-5-6-13(19)9-15(12)21-17(23)16(22)20-10-14-11-24-18(25-14)7-3-2-4-8-18/h5-6,9,14H,2-4,7-8,10-11H2,1H3,(H,20,22)(H,21,23). The molecular weight excluding hydrogens is 344 g/mol. The zero-order valence-corrected chi connectivity index (χ0v) is 15.0. The van der Waals surface area contributed by atoms with Crippen LogP contribution in [0, 0.1) is 6.92 Å². The molecule has 1 atom stereocenters. The van der Waals surface area contributed by atoms with Crippen molar-refractivity contribution in [2.24, 2.45) is 0 Å². The SMILES string of the molecule is Cc1ccc(Cl)cc1NC(=O)C(=O)NCC1COC2(CCCCC2)O1. The van der Waals surface area contributed by atoms with Crippen molar-refractivity contribution in [2.45, 2.75) is 50.9 Å². The molecular formula is C18H23ClN2O4. The summed E-state index contributed by atoms with van der Waals surface area (Å²) in [6, 6.07) is 5.12. The Morgan fingerprint density at radius 1 is 1.24 bits per heavy atom. The Hall–Kier alpha value is -1.63. The van der Waals surface area contributed by atoms with E-state index in [4.69, 9.17) is 21.1 Å². The van der Waals surface area contributed by atoms with Gasteiger partial charge in [0, 0.05) is 30.1 Å². The third-order valence-electron chi connectivity index (χ3n) is 4.67. The lowest BCUT2D eigenvalue weighted by Crippen LogP contribution is -2.41. The fraction of sp³-hybridized carbons (Fsp3) is 0.556. The minimum atomic E-state index is -0.725. The van der Waals surface area contributed by atoms with Crippen LogP contribution < -0.4 is 10.6 Å². The fourth-order valence-corrected chi connectivity index (χ4v) is 3.44. The predicted molar refractivity (Wildman–Crippen MR) is 94.5 cm³/mol. The number of nitrogens with one attached hydrogen (secondary N) is 2. The second-order valence-corrected chi connectivity index (χ2v) is 7.08. The van der Waals surface area contributed by atoms with Gasteiger partial charge in [0.05, 0.1) is 6.61 Å². The molecule has 2 N–H and O–H groups in total. The van der Waals surface area contributed by atoms with Gasteiger partial charge in [0.2, 0.25) is 0 Å². The van der Waals surface area contributed by atoms with Crippen molar-refractivity contribution in [1.82, 2.24) is 5.32 Å². The maximum absolute atomic E-state index is 12.0. The number of ether oxygens (including phenoxy) is 2. The Balaban J connectivity index is 1.47. The molecule has 1 aromatic carbocycles. The largest absolute Gasteiger partial charge is 0.347 e. The highest BCUT2D eigenvalue weighted by Crippen LogP contribution is 2.37. The van der Waals surface area contributed by atoms with E-state index in [2.05, 4.69) is 10.6 Å². The van der Waals surface area contributed by atoms with Gasteiger partial charge in [0.25, 0.3) is 0 Å². The molecule has 1 aromatic rings. The summed E-state index contributed by atoms with van der Waals surface area (Å²) in [7, 11) is 0. The van der Waals surface area contributed by atoms with Gasteiger partial charge in [-0.05, 0) is 37.5 Å². The molecule has 2 aliphatic rings. The van der Waals surface area contributed by atoms with Gasteiger partial charge in [-0.3, -0.25) is 9.59 Å². The number of hydrogen-bond donors (Lipinski definition) is 2. The van der Waals surface area contributed by atoms with Crippen LogP contribution in [0.5, 0.6) is 0 Å². The van der Waals surface area contributed by atoms with Gasteiger partial charge in [-0.25, -0.2) is 0 Å². The van der Waals surface area contributed by atoms with Gasteiger partial charge in [-0.2, -0.15) is 0 Å². The van der Waals surface area contributed by atoms with Crippen LogP contribution in [0.4, 0.5) is 5.69 Å². The molecule has 2 fully saturated rings. The van der Waals surface area contributed by atoms with Crippen LogP contribution in [-0.2, 0) is 19.1 Å². The minimum Gasteiger partial charge on any atom is -0.347 e. The van der Waals surface area contributed by atoms with Crippen molar-refractivity contribution in [1.29, 1.82) is 0 Å². The molecule has 1 aliphatic carbocycles. The molecule has 0 radical (unpaired) electrons. The fourth-order valence-electron chi connectivity index (χ4n) is 3.26. The monoisotopic (exact) mass is 366 g/mol. The van der Waals surface area contributed by atoms with Crippen LogP contribution >= 0.6 is 11.6 Å². The lowest BCUT2D eigenvalue weighted by Gasteiger charge is -2.31. The number of hydrogen-bond acceptors (Lipinski definition) is 4. The average molecular weight is 367 g/mol. The Morgan fingerprint density at radius 3 is 2.76 bits per heavy atom. The first-order valence-corrected chi connectivity index (χ1v) is 9.02. The van der Waals surface area contributed by atoms with E-state index >= 15 is 0 Å². The number of halogens is 1. The van der Waals surface area contributed by atoms with Crippen molar-refractivity contribution >= 4 is 29.1 Å². The molecule has 136 valence electrons. The lowest BCUT2D eigenvalue weighted by molar-refractivity contribution is -0.186. The van der Waals surface area contributed by atoms with E-state index in [1.165, 1.54) is 6.42 Å². The molecule has 2 amide bonds. The van der Waals surface area contributed by atoms with E-state index in [0.29, 0.717) is 17.3 Å². The predicted octanol–water partition coefficient (Wildman–Crippen LogP) is 2.78. The maximum Gasteiger partial charge on any atom is 0.313 e. The van der Waals surface area contributed by atoms with Gasteiger partial charge in [-0.1, -0.05) is 24.1 Å².